The van der Waals surface area contributed by atoms with Crippen molar-refractivity contribution in [3.05, 3.63) is 46.6 Å². The highest BCUT2D eigenvalue weighted by Gasteiger charge is 2.51. The van der Waals surface area contributed by atoms with E-state index in [4.69, 9.17) is 23.4 Å². The number of ether oxygens (including phenoxy) is 4. The van der Waals surface area contributed by atoms with Crippen molar-refractivity contribution >= 4 is 11.0 Å². The number of aromatic hydroxyl groups is 3. The Hall–Kier alpha value is -3.55. The van der Waals surface area contributed by atoms with Crippen molar-refractivity contribution in [1.82, 2.24) is 0 Å². The summed E-state index contributed by atoms with van der Waals surface area (Å²) in [4.78, 5) is 13.7. The Morgan fingerprint density at radius 2 is 1.33 bits per heavy atom. The summed E-state index contributed by atoms with van der Waals surface area (Å²) in [5.41, 5.74) is -1.07. The Labute approximate surface area is 241 Å². The second-order valence-corrected chi connectivity index (χ2v) is 10.1. The molecule has 0 radical (unpaired) electrons. The number of rotatable bonds is 7. The minimum absolute atomic E-state index is 0.129. The molecule has 5 rings (SSSR count). The molecule has 5 unspecified atom stereocenters. The van der Waals surface area contributed by atoms with E-state index in [2.05, 4.69) is 0 Å². The first-order chi connectivity index (χ1) is 20.4. The lowest BCUT2D eigenvalue weighted by Crippen LogP contribution is -2.65. The molecule has 1 aromatic heterocycles. The number of aliphatic hydroxyl groups excluding tert-OH is 7. The Morgan fingerprint density at radius 3 is 1.95 bits per heavy atom. The van der Waals surface area contributed by atoms with E-state index >= 15 is 0 Å². The maximum absolute atomic E-state index is 13.7. The Morgan fingerprint density at radius 1 is 0.721 bits per heavy atom. The van der Waals surface area contributed by atoms with Gasteiger partial charge in [-0.3, -0.25) is 4.79 Å². The first kappa shape index (κ1) is 30.9. The van der Waals surface area contributed by atoms with Crippen LogP contribution in [-0.2, 0) is 14.2 Å². The summed E-state index contributed by atoms with van der Waals surface area (Å²) in [6.07, 6.45) is -17.7. The van der Waals surface area contributed by atoms with Crippen LogP contribution >= 0.6 is 0 Å². The SMILES string of the molecule is O=c1c(O[C@@H]2OC(CO)[C@H](O)C(O)C2O[C@@H]2OC(CO)[C@@H](O)C(O)[C@H]2O)c(-c2ccc(O)cc2)oc2cc(O)cc(O)c12. The number of phenols is 3. The fourth-order valence-corrected chi connectivity index (χ4v) is 4.92. The molecule has 10 N–H and O–H groups in total. The van der Waals surface area contributed by atoms with Gasteiger partial charge in [-0.1, -0.05) is 0 Å². The summed E-state index contributed by atoms with van der Waals surface area (Å²) in [6.45, 7) is -1.63. The van der Waals surface area contributed by atoms with Crippen molar-refractivity contribution in [3.8, 4) is 34.3 Å². The van der Waals surface area contributed by atoms with Gasteiger partial charge in [0.15, 0.2) is 18.2 Å². The van der Waals surface area contributed by atoms with Crippen molar-refractivity contribution in [2.75, 3.05) is 13.2 Å². The summed E-state index contributed by atoms with van der Waals surface area (Å²) in [6, 6.07) is 7.20. The number of benzene rings is 2. The Balaban J connectivity index is 1.60. The third-order valence-corrected chi connectivity index (χ3v) is 7.25. The van der Waals surface area contributed by atoms with Crippen LogP contribution in [0.5, 0.6) is 23.0 Å². The first-order valence-corrected chi connectivity index (χ1v) is 13.0. The molecule has 10 atom stereocenters. The van der Waals surface area contributed by atoms with Gasteiger partial charge in [0, 0.05) is 17.7 Å². The van der Waals surface area contributed by atoms with Crippen LogP contribution < -0.4 is 10.2 Å². The molecule has 2 aliphatic rings. The average molecular weight is 611 g/mol. The number of hydrogen-bond acceptors (Lipinski definition) is 16. The largest absolute Gasteiger partial charge is 0.508 e. The number of hydrogen-bond donors (Lipinski definition) is 10. The molecule has 2 aliphatic heterocycles. The predicted octanol–water partition coefficient (Wildman–Crippen LogP) is -2.42. The van der Waals surface area contributed by atoms with Gasteiger partial charge >= 0.3 is 0 Å². The topological polar surface area (TPSA) is 269 Å². The lowest BCUT2D eigenvalue weighted by molar-refractivity contribution is -0.358. The van der Waals surface area contributed by atoms with Gasteiger partial charge in [-0.25, -0.2) is 0 Å². The van der Waals surface area contributed by atoms with Crippen LogP contribution in [0.15, 0.2) is 45.6 Å². The fraction of sp³-hybridized carbons (Fsp3) is 0.444. The summed E-state index contributed by atoms with van der Waals surface area (Å²) in [7, 11) is 0. The fourth-order valence-electron chi connectivity index (χ4n) is 4.92. The lowest BCUT2D eigenvalue weighted by Gasteiger charge is -2.45. The maximum Gasteiger partial charge on any atom is 0.239 e. The molecule has 16 heteroatoms. The molecule has 0 amide bonds. The lowest BCUT2D eigenvalue weighted by atomic mass is 9.97. The highest BCUT2D eigenvalue weighted by atomic mass is 16.8. The zero-order valence-electron chi connectivity index (χ0n) is 22.1. The minimum atomic E-state index is -1.93. The van der Waals surface area contributed by atoms with Gasteiger partial charge in [-0.15, -0.1) is 0 Å². The second kappa shape index (κ2) is 12.2. The first-order valence-electron chi connectivity index (χ1n) is 13.0. The van der Waals surface area contributed by atoms with Gasteiger partial charge in [0.05, 0.1) is 13.2 Å². The van der Waals surface area contributed by atoms with Crippen LogP contribution in [0, 0.1) is 0 Å². The van der Waals surface area contributed by atoms with Crippen LogP contribution in [0.3, 0.4) is 0 Å². The molecule has 16 nitrogen and oxygen atoms in total. The maximum atomic E-state index is 13.7. The van der Waals surface area contributed by atoms with Crippen LogP contribution in [-0.4, -0.2) is 126 Å². The zero-order chi connectivity index (χ0) is 31.2. The standard InChI is InChI=1S/C27H30O16/c28-7-14-17(33)20(36)22(38)26(40-14)43-25-21(37)18(34)15(8-29)41-27(25)42-24-19(35)16-12(32)5-11(31)6-13(16)39-23(24)9-1-3-10(30)4-2-9/h1-6,14-15,17-18,20-22,25-34,36-38H,7-8H2/t14?,15?,17-,18+,20?,21?,22-,25?,26+,27+/m1/s1. The molecule has 0 saturated carbocycles. The van der Waals surface area contributed by atoms with Crippen LogP contribution in [0.4, 0.5) is 0 Å². The smallest absolute Gasteiger partial charge is 0.239 e. The highest BCUT2D eigenvalue weighted by molar-refractivity contribution is 5.88. The quantitative estimate of drug-likeness (QED) is 0.133. The van der Waals surface area contributed by atoms with Crippen LogP contribution in [0.1, 0.15) is 0 Å². The van der Waals surface area contributed by atoms with Gasteiger partial charge < -0.3 is 74.4 Å². The summed E-state index contributed by atoms with van der Waals surface area (Å²) in [5.74, 6) is -2.15. The molecule has 0 aliphatic carbocycles. The van der Waals surface area contributed by atoms with E-state index in [9.17, 15) is 55.9 Å². The molecular weight excluding hydrogens is 580 g/mol. The predicted molar refractivity (Wildman–Crippen MR) is 140 cm³/mol. The summed E-state index contributed by atoms with van der Waals surface area (Å²) >= 11 is 0. The van der Waals surface area contributed by atoms with E-state index in [1.165, 1.54) is 24.3 Å². The average Bonchev–Trinajstić information content (AvgIpc) is 2.97. The molecule has 3 aromatic rings. The molecule has 0 bridgehead atoms. The van der Waals surface area contributed by atoms with Gasteiger partial charge in [0.1, 0.15) is 70.9 Å². The van der Waals surface area contributed by atoms with Crippen molar-refractivity contribution in [2.24, 2.45) is 0 Å². The summed E-state index contributed by atoms with van der Waals surface area (Å²) in [5, 5.41) is 101. The zero-order valence-corrected chi connectivity index (χ0v) is 22.1. The monoisotopic (exact) mass is 610 g/mol. The Bertz CT molecular complexity index is 1490. The second-order valence-electron chi connectivity index (χ2n) is 10.1. The summed E-state index contributed by atoms with van der Waals surface area (Å²) < 4.78 is 28.3. The van der Waals surface area contributed by atoms with E-state index in [0.29, 0.717) is 0 Å². The molecule has 0 spiro atoms. The normalized spacial score (nSPS) is 33.0. The van der Waals surface area contributed by atoms with Crippen LogP contribution in [0.2, 0.25) is 0 Å². The molecule has 3 heterocycles. The minimum Gasteiger partial charge on any atom is -0.508 e. The van der Waals surface area contributed by atoms with Gasteiger partial charge in [-0.05, 0) is 24.3 Å². The third-order valence-electron chi connectivity index (χ3n) is 7.25. The van der Waals surface area contributed by atoms with Crippen molar-refractivity contribution < 1.29 is 74.4 Å². The molecule has 2 saturated heterocycles. The van der Waals surface area contributed by atoms with Gasteiger partial charge in [0.25, 0.3) is 0 Å². The van der Waals surface area contributed by atoms with E-state index in [0.717, 1.165) is 12.1 Å². The molecular formula is C27H30O16. The van der Waals surface area contributed by atoms with Crippen LogP contribution in [0.25, 0.3) is 22.3 Å². The van der Waals surface area contributed by atoms with E-state index in [-0.39, 0.29) is 22.7 Å². The van der Waals surface area contributed by atoms with E-state index < -0.39 is 103 Å². The van der Waals surface area contributed by atoms with Crippen molar-refractivity contribution in [1.29, 1.82) is 0 Å². The highest BCUT2D eigenvalue weighted by Crippen LogP contribution is 2.38. The third kappa shape index (κ3) is 5.73. The van der Waals surface area contributed by atoms with Gasteiger partial charge in [0.2, 0.25) is 17.5 Å². The van der Waals surface area contributed by atoms with Gasteiger partial charge in [-0.2, -0.15) is 0 Å². The number of fused-ring (bicyclic) bond motifs is 1. The Kier molecular flexibility index (Phi) is 8.77. The van der Waals surface area contributed by atoms with Crippen molar-refractivity contribution in [2.45, 2.75) is 61.4 Å². The number of phenolic OH excluding ortho intramolecular Hbond substituents is 3. The molecule has 2 fully saturated rings. The molecule has 2 aromatic carbocycles. The van der Waals surface area contributed by atoms with E-state index in [1.54, 1.807) is 0 Å². The number of aliphatic hydroxyl groups is 7. The molecule has 234 valence electrons. The van der Waals surface area contributed by atoms with Crippen molar-refractivity contribution in [3.63, 3.8) is 0 Å². The molecule has 43 heavy (non-hydrogen) atoms. The van der Waals surface area contributed by atoms with E-state index in [1.807, 2.05) is 0 Å².